The van der Waals surface area contributed by atoms with E-state index < -0.39 is 0 Å². The van der Waals surface area contributed by atoms with Crippen molar-refractivity contribution in [1.82, 2.24) is 4.98 Å². The molecular weight excluding hydrogens is 202 g/mol. The van der Waals surface area contributed by atoms with Crippen LogP contribution >= 0.6 is 0 Å². The predicted octanol–water partition coefficient (Wildman–Crippen LogP) is 2.25. The Labute approximate surface area is 94.3 Å². The topological polar surface area (TPSA) is 42.4 Å². The van der Waals surface area contributed by atoms with Gasteiger partial charge in [-0.3, -0.25) is 4.98 Å². The van der Waals surface area contributed by atoms with Crippen molar-refractivity contribution < 1.29 is 9.84 Å². The van der Waals surface area contributed by atoms with E-state index in [4.69, 9.17) is 9.84 Å². The van der Waals surface area contributed by atoms with E-state index in [-0.39, 0.29) is 6.61 Å². The van der Waals surface area contributed by atoms with Gasteiger partial charge in [-0.2, -0.15) is 0 Å². The lowest BCUT2D eigenvalue weighted by Gasteiger charge is -2.07. The maximum Gasteiger partial charge on any atom is 0.128 e. The van der Waals surface area contributed by atoms with Gasteiger partial charge in [0, 0.05) is 11.8 Å². The van der Waals surface area contributed by atoms with Crippen LogP contribution in [0.3, 0.4) is 0 Å². The highest BCUT2D eigenvalue weighted by atomic mass is 16.5. The number of nitrogens with zero attached hydrogens (tertiary/aromatic N) is 1. The normalized spacial score (nSPS) is 10.1. The first-order chi connectivity index (χ1) is 7.85. The second kappa shape index (κ2) is 4.77. The van der Waals surface area contributed by atoms with E-state index >= 15 is 0 Å². The van der Waals surface area contributed by atoms with E-state index in [1.165, 1.54) is 0 Å². The number of pyridine rings is 1. The average Bonchev–Trinajstić information content (AvgIpc) is 2.39. The molecule has 1 aromatic carbocycles. The van der Waals surface area contributed by atoms with Crippen LogP contribution in [0, 0.1) is 0 Å². The van der Waals surface area contributed by atoms with E-state index in [0.717, 1.165) is 22.6 Å². The van der Waals surface area contributed by atoms with Crippen molar-refractivity contribution in [3.05, 3.63) is 48.2 Å². The zero-order valence-electron chi connectivity index (χ0n) is 9.05. The van der Waals surface area contributed by atoms with Gasteiger partial charge in [-0.05, 0) is 23.8 Å². The maximum atomic E-state index is 8.94. The molecule has 3 heteroatoms. The fraction of sp³-hybridized carbons (Fsp3) is 0.154. The van der Waals surface area contributed by atoms with Gasteiger partial charge in [0.15, 0.2) is 0 Å². The van der Waals surface area contributed by atoms with Crippen LogP contribution in [0.15, 0.2) is 42.6 Å². The minimum Gasteiger partial charge on any atom is -0.496 e. The smallest absolute Gasteiger partial charge is 0.128 e. The fourth-order valence-electron chi connectivity index (χ4n) is 1.53. The van der Waals surface area contributed by atoms with Crippen LogP contribution in [0.2, 0.25) is 0 Å². The first-order valence-electron chi connectivity index (χ1n) is 5.04. The number of methoxy groups -OCH3 is 1. The summed E-state index contributed by atoms with van der Waals surface area (Å²) in [6.07, 6.45) is 1.67. The van der Waals surface area contributed by atoms with Gasteiger partial charge >= 0.3 is 0 Å². The molecule has 0 spiro atoms. The molecule has 0 amide bonds. The van der Waals surface area contributed by atoms with Gasteiger partial charge in [-0.1, -0.05) is 18.2 Å². The quantitative estimate of drug-likeness (QED) is 0.853. The van der Waals surface area contributed by atoms with E-state index in [0.29, 0.717) is 0 Å². The Kier molecular flexibility index (Phi) is 3.17. The van der Waals surface area contributed by atoms with Gasteiger partial charge < -0.3 is 9.84 Å². The SMILES string of the molecule is COc1ccccc1-c1ccc(CO)cn1. The Morgan fingerprint density at radius 2 is 2.00 bits per heavy atom. The Bertz CT molecular complexity index is 466. The van der Waals surface area contributed by atoms with Gasteiger partial charge in [0.1, 0.15) is 5.75 Å². The second-order valence-corrected chi connectivity index (χ2v) is 3.41. The van der Waals surface area contributed by atoms with Crippen molar-refractivity contribution in [2.24, 2.45) is 0 Å². The number of hydrogen-bond donors (Lipinski definition) is 1. The lowest BCUT2D eigenvalue weighted by molar-refractivity contribution is 0.281. The van der Waals surface area contributed by atoms with Crippen LogP contribution < -0.4 is 4.74 Å². The molecule has 16 heavy (non-hydrogen) atoms. The standard InChI is InChI=1S/C13H13NO2/c1-16-13-5-3-2-4-11(13)12-7-6-10(9-15)8-14-12/h2-8,15H,9H2,1H3. The molecule has 2 aromatic rings. The van der Waals surface area contributed by atoms with E-state index in [1.807, 2.05) is 36.4 Å². The molecule has 0 unspecified atom stereocenters. The molecule has 0 radical (unpaired) electrons. The van der Waals surface area contributed by atoms with Crippen molar-refractivity contribution in [3.63, 3.8) is 0 Å². The van der Waals surface area contributed by atoms with Crippen LogP contribution in [-0.2, 0) is 6.61 Å². The third kappa shape index (κ3) is 2.04. The van der Waals surface area contributed by atoms with Gasteiger partial charge in [-0.25, -0.2) is 0 Å². The number of benzene rings is 1. The van der Waals surface area contributed by atoms with Crippen molar-refractivity contribution in [2.45, 2.75) is 6.61 Å². The Morgan fingerprint density at radius 1 is 1.19 bits per heavy atom. The van der Waals surface area contributed by atoms with Crippen LogP contribution in [-0.4, -0.2) is 17.2 Å². The number of rotatable bonds is 3. The van der Waals surface area contributed by atoms with Crippen molar-refractivity contribution in [2.75, 3.05) is 7.11 Å². The number of aliphatic hydroxyl groups is 1. The summed E-state index contributed by atoms with van der Waals surface area (Å²) in [5.74, 6) is 0.798. The van der Waals surface area contributed by atoms with Gasteiger partial charge in [-0.15, -0.1) is 0 Å². The van der Waals surface area contributed by atoms with Crippen LogP contribution in [0.5, 0.6) is 5.75 Å². The highest BCUT2D eigenvalue weighted by Crippen LogP contribution is 2.27. The molecule has 1 N–H and O–H groups in total. The molecule has 82 valence electrons. The molecule has 1 aromatic heterocycles. The summed E-state index contributed by atoms with van der Waals surface area (Å²) in [5, 5.41) is 8.94. The number of ether oxygens (including phenoxy) is 1. The highest BCUT2D eigenvalue weighted by Gasteiger charge is 2.05. The molecule has 0 saturated carbocycles. The minimum atomic E-state index is 0.0131. The largest absolute Gasteiger partial charge is 0.496 e. The van der Waals surface area contributed by atoms with Gasteiger partial charge in [0.25, 0.3) is 0 Å². The van der Waals surface area contributed by atoms with Crippen LogP contribution in [0.4, 0.5) is 0 Å². The Morgan fingerprint density at radius 3 is 2.62 bits per heavy atom. The molecule has 0 bridgehead atoms. The molecule has 0 fully saturated rings. The number of para-hydroxylation sites is 1. The van der Waals surface area contributed by atoms with Gasteiger partial charge in [0.2, 0.25) is 0 Å². The molecule has 2 rings (SSSR count). The summed E-state index contributed by atoms with van der Waals surface area (Å²) in [7, 11) is 1.64. The predicted molar refractivity (Wildman–Crippen MR) is 62.1 cm³/mol. The molecule has 0 atom stereocenters. The van der Waals surface area contributed by atoms with Crippen molar-refractivity contribution in [3.8, 4) is 17.0 Å². The van der Waals surface area contributed by atoms with Crippen molar-refractivity contribution in [1.29, 1.82) is 0 Å². The Balaban J connectivity index is 2.42. The lowest BCUT2D eigenvalue weighted by Crippen LogP contribution is -1.91. The minimum absolute atomic E-state index is 0.0131. The summed E-state index contributed by atoms with van der Waals surface area (Å²) < 4.78 is 5.27. The monoisotopic (exact) mass is 215 g/mol. The molecule has 1 heterocycles. The van der Waals surface area contributed by atoms with E-state index in [2.05, 4.69) is 4.98 Å². The molecule has 0 aliphatic carbocycles. The summed E-state index contributed by atoms with van der Waals surface area (Å²) >= 11 is 0. The first kappa shape index (κ1) is 10.6. The average molecular weight is 215 g/mol. The Hall–Kier alpha value is -1.87. The number of aliphatic hydroxyl groups excluding tert-OH is 1. The summed E-state index contributed by atoms with van der Waals surface area (Å²) in [6, 6.07) is 11.5. The summed E-state index contributed by atoms with van der Waals surface area (Å²) in [4.78, 5) is 4.29. The number of aromatic nitrogens is 1. The summed E-state index contributed by atoms with van der Waals surface area (Å²) in [6.45, 7) is 0.0131. The lowest BCUT2D eigenvalue weighted by atomic mass is 10.1. The zero-order chi connectivity index (χ0) is 11.4. The summed E-state index contributed by atoms with van der Waals surface area (Å²) in [5.41, 5.74) is 2.60. The van der Waals surface area contributed by atoms with Crippen molar-refractivity contribution >= 4 is 0 Å². The highest BCUT2D eigenvalue weighted by molar-refractivity contribution is 5.66. The third-order valence-electron chi connectivity index (χ3n) is 2.39. The molecule has 0 saturated heterocycles. The van der Waals surface area contributed by atoms with Crippen LogP contribution in [0.25, 0.3) is 11.3 Å². The third-order valence-corrected chi connectivity index (χ3v) is 2.39. The molecular formula is C13H13NO2. The fourth-order valence-corrected chi connectivity index (χ4v) is 1.53. The number of hydrogen-bond acceptors (Lipinski definition) is 3. The second-order valence-electron chi connectivity index (χ2n) is 3.41. The molecule has 0 aliphatic rings. The van der Waals surface area contributed by atoms with E-state index in [1.54, 1.807) is 13.3 Å². The van der Waals surface area contributed by atoms with Crippen LogP contribution in [0.1, 0.15) is 5.56 Å². The van der Waals surface area contributed by atoms with Gasteiger partial charge in [0.05, 0.1) is 19.4 Å². The first-order valence-corrected chi connectivity index (χ1v) is 5.04. The molecule has 0 aliphatic heterocycles. The zero-order valence-corrected chi connectivity index (χ0v) is 9.05. The van der Waals surface area contributed by atoms with E-state index in [9.17, 15) is 0 Å². The molecule has 3 nitrogen and oxygen atoms in total. The maximum absolute atomic E-state index is 8.94.